The first-order valence-corrected chi connectivity index (χ1v) is 4.72. The molecule has 2 aromatic heterocycles. The van der Waals surface area contributed by atoms with Gasteiger partial charge in [0.05, 0.1) is 11.2 Å². The largest absolute Gasteiger partial charge is 0.313 e. The van der Waals surface area contributed by atoms with Gasteiger partial charge in [-0.2, -0.15) is 0 Å². The van der Waals surface area contributed by atoms with E-state index in [2.05, 4.69) is 0 Å². The molecule has 15 heavy (non-hydrogen) atoms. The number of carbonyl (C=O) groups excluding carboxylic acids is 2. The van der Waals surface area contributed by atoms with E-state index >= 15 is 0 Å². The third-order valence-corrected chi connectivity index (χ3v) is 2.59. The van der Waals surface area contributed by atoms with Crippen LogP contribution in [0.2, 0.25) is 0 Å². The molecule has 0 radical (unpaired) electrons. The van der Waals surface area contributed by atoms with Crippen molar-refractivity contribution in [1.82, 2.24) is 4.40 Å². The van der Waals surface area contributed by atoms with E-state index in [1.54, 1.807) is 17.5 Å². The Hall–Kier alpha value is -1.90. The van der Waals surface area contributed by atoms with E-state index in [-0.39, 0.29) is 5.78 Å². The van der Waals surface area contributed by atoms with Gasteiger partial charge in [-0.25, -0.2) is 0 Å². The molecule has 0 bridgehead atoms. The predicted octanol–water partition coefficient (Wildman–Crippen LogP) is 2.26. The van der Waals surface area contributed by atoms with Gasteiger partial charge in [0.25, 0.3) is 0 Å². The van der Waals surface area contributed by atoms with Gasteiger partial charge < -0.3 is 4.40 Å². The molecule has 2 rings (SSSR count). The quantitative estimate of drug-likeness (QED) is 0.552. The normalized spacial score (nSPS) is 10.5. The molecule has 3 heteroatoms. The van der Waals surface area contributed by atoms with Gasteiger partial charge in [0, 0.05) is 18.7 Å². The molecular formula is C12H11NO2. The number of carbonyl (C=O) groups is 2. The van der Waals surface area contributed by atoms with Crippen molar-refractivity contribution in [2.45, 2.75) is 13.8 Å². The Bertz CT molecular complexity index is 552. The highest BCUT2D eigenvalue weighted by atomic mass is 16.1. The first-order valence-electron chi connectivity index (χ1n) is 4.72. The summed E-state index contributed by atoms with van der Waals surface area (Å²) in [6.45, 7) is 3.31. The van der Waals surface area contributed by atoms with Crippen LogP contribution in [0, 0.1) is 6.92 Å². The fourth-order valence-electron chi connectivity index (χ4n) is 1.94. The van der Waals surface area contributed by atoms with Crippen molar-refractivity contribution < 1.29 is 9.59 Å². The molecule has 0 spiro atoms. The summed E-state index contributed by atoms with van der Waals surface area (Å²) in [4.78, 5) is 22.4. The van der Waals surface area contributed by atoms with Gasteiger partial charge in [-0.15, -0.1) is 0 Å². The molecule has 0 saturated heterocycles. The molecule has 0 aliphatic carbocycles. The van der Waals surface area contributed by atoms with Gasteiger partial charge in [-0.3, -0.25) is 9.59 Å². The number of nitrogens with zero attached hydrogens (tertiary/aromatic N) is 1. The molecule has 3 nitrogen and oxygen atoms in total. The van der Waals surface area contributed by atoms with E-state index in [9.17, 15) is 9.59 Å². The lowest BCUT2D eigenvalue weighted by molar-refractivity contribution is 0.101. The van der Waals surface area contributed by atoms with E-state index in [0.29, 0.717) is 11.3 Å². The number of fused-ring (bicyclic) bond motifs is 1. The summed E-state index contributed by atoms with van der Waals surface area (Å²) in [5, 5.41) is 0. The molecule has 0 aromatic carbocycles. The van der Waals surface area contributed by atoms with Crippen molar-refractivity contribution in [3.05, 3.63) is 41.2 Å². The molecule has 2 aromatic rings. The number of pyridine rings is 1. The maximum atomic E-state index is 11.5. The summed E-state index contributed by atoms with van der Waals surface area (Å²) in [5.41, 5.74) is 2.73. The Morgan fingerprint density at radius 1 is 1.40 bits per heavy atom. The van der Waals surface area contributed by atoms with Crippen molar-refractivity contribution in [1.29, 1.82) is 0 Å². The lowest BCUT2D eigenvalue weighted by Crippen LogP contribution is -1.99. The van der Waals surface area contributed by atoms with Gasteiger partial charge in [0.2, 0.25) is 0 Å². The molecule has 0 N–H and O–H groups in total. The molecule has 76 valence electrons. The predicted molar refractivity (Wildman–Crippen MR) is 57.5 cm³/mol. The van der Waals surface area contributed by atoms with Crippen molar-refractivity contribution in [3.63, 3.8) is 0 Å². The van der Waals surface area contributed by atoms with E-state index in [4.69, 9.17) is 0 Å². The van der Waals surface area contributed by atoms with Crippen molar-refractivity contribution in [2.24, 2.45) is 0 Å². The SMILES string of the molecule is CC(=O)c1c(C)c(C=O)c2ccccn12. The van der Waals surface area contributed by atoms with E-state index in [1.807, 2.05) is 18.2 Å². The fraction of sp³-hybridized carbons (Fsp3) is 0.167. The first kappa shape index (κ1) is 9.65. The lowest BCUT2D eigenvalue weighted by atomic mass is 10.1. The first-order chi connectivity index (χ1) is 7.16. The Balaban J connectivity index is 2.97. The fourth-order valence-corrected chi connectivity index (χ4v) is 1.94. The van der Waals surface area contributed by atoms with Gasteiger partial charge in [0.1, 0.15) is 0 Å². The van der Waals surface area contributed by atoms with Crippen LogP contribution >= 0.6 is 0 Å². The maximum absolute atomic E-state index is 11.5. The van der Waals surface area contributed by atoms with Crippen molar-refractivity contribution >= 4 is 17.6 Å². The number of aromatic nitrogens is 1. The average Bonchev–Trinajstić information content (AvgIpc) is 2.49. The summed E-state index contributed by atoms with van der Waals surface area (Å²) in [7, 11) is 0. The number of hydrogen-bond donors (Lipinski definition) is 0. The van der Waals surface area contributed by atoms with Crippen LogP contribution in [0.4, 0.5) is 0 Å². The number of rotatable bonds is 2. The van der Waals surface area contributed by atoms with E-state index in [1.165, 1.54) is 6.92 Å². The highest BCUT2D eigenvalue weighted by Crippen LogP contribution is 2.21. The maximum Gasteiger partial charge on any atom is 0.176 e. The van der Waals surface area contributed by atoms with Crippen LogP contribution in [0.3, 0.4) is 0 Å². The Labute approximate surface area is 87.3 Å². The number of Topliss-reactive ketones (excluding diaryl/α,β-unsaturated/α-hetero) is 1. The third-order valence-electron chi connectivity index (χ3n) is 2.59. The molecule has 0 fully saturated rings. The minimum atomic E-state index is -0.0261. The summed E-state index contributed by atoms with van der Waals surface area (Å²) in [6.07, 6.45) is 2.60. The summed E-state index contributed by atoms with van der Waals surface area (Å²) >= 11 is 0. The molecule has 0 aliphatic rings. The summed E-state index contributed by atoms with van der Waals surface area (Å²) < 4.78 is 1.77. The molecule has 2 heterocycles. The van der Waals surface area contributed by atoms with Crippen molar-refractivity contribution in [2.75, 3.05) is 0 Å². The Kier molecular flexibility index (Phi) is 2.15. The van der Waals surface area contributed by atoms with Gasteiger partial charge in [0.15, 0.2) is 12.1 Å². The Morgan fingerprint density at radius 2 is 2.13 bits per heavy atom. The minimum absolute atomic E-state index is 0.0261. The molecule has 0 amide bonds. The number of aldehydes is 1. The second-order valence-electron chi connectivity index (χ2n) is 3.52. The van der Waals surface area contributed by atoms with Crippen LogP contribution in [0.25, 0.3) is 5.52 Å². The van der Waals surface area contributed by atoms with Gasteiger partial charge >= 0.3 is 0 Å². The second-order valence-corrected chi connectivity index (χ2v) is 3.52. The van der Waals surface area contributed by atoms with Gasteiger partial charge in [-0.05, 0) is 24.6 Å². The topological polar surface area (TPSA) is 38.5 Å². The van der Waals surface area contributed by atoms with E-state index in [0.717, 1.165) is 17.4 Å². The van der Waals surface area contributed by atoms with Crippen molar-refractivity contribution in [3.8, 4) is 0 Å². The summed E-state index contributed by atoms with van der Waals surface area (Å²) in [6, 6.07) is 5.53. The van der Waals surface area contributed by atoms with Crippen LogP contribution in [-0.2, 0) is 0 Å². The van der Waals surface area contributed by atoms with Crippen LogP contribution in [0.5, 0.6) is 0 Å². The standard InChI is InChI=1S/C12H11NO2/c1-8-10(7-14)11-5-3-4-6-13(11)12(8)9(2)15/h3-7H,1-2H3. The highest BCUT2D eigenvalue weighted by molar-refractivity contribution is 6.01. The Morgan fingerprint density at radius 3 is 2.73 bits per heavy atom. The average molecular weight is 201 g/mol. The minimum Gasteiger partial charge on any atom is -0.313 e. The molecule has 0 atom stereocenters. The lowest BCUT2D eigenvalue weighted by Gasteiger charge is -1.98. The summed E-state index contributed by atoms with van der Waals surface area (Å²) in [5.74, 6) is -0.0261. The molecule has 0 unspecified atom stereocenters. The van der Waals surface area contributed by atoms with E-state index < -0.39 is 0 Å². The van der Waals surface area contributed by atoms with Crippen LogP contribution in [-0.4, -0.2) is 16.5 Å². The smallest absolute Gasteiger partial charge is 0.176 e. The van der Waals surface area contributed by atoms with Gasteiger partial charge in [-0.1, -0.05) is 6.07 Å². The zero-order valence-corrected chi connectivity index (χ0v) is 8.65. The third kappa shape index (κ3) is 1.28. The number of hydrogen-bond acceptors (Lipinski definition) is 2. The number of ketones is 1. The second kappa shape index (κ2) is 3.35. The monoisotopic (exact) mass is 201 g/mol. The highest BCUT2D eigenvalue weighted by Gasteiger charge is 2.16. The molecular weight excluding hydrogens is 190 g/mol. The zero-order valence-electron chi connectivity index (χ0n) is 8.65. The molecule has 0 aliphatic heterocycles. The molecule has 0 saturated carbocycles. The van der Waals surface area contributed by atoms with Crippen LogP contribution in [0.1, 0.15) is 33.3 Å². The van der Waals surface area contributed by atoms with Crippen LogP contribution < -0.4 is 0 Å². The van der Waals surface area contributed by atoms with Crippen LogP contribution in [0.15, 0.2) is 24.4 Å². The zero-order chi connectivity index (χ0) is 11.0.